The maximum Gasteiger partial charge on any atom is 0.169 e. The van der Waals surface area contributed by atoms with Gasteiger partial charge in [-0.3, -0.25) is 0 Å². The number of ether oxygens (including phenoxy) is 2. The van der Waals surface area contributed by atoms with Crippen LogP contribution in [-0.4, -0.2) is 19.8 Å². The van der Waals surface area contributed by atoms with Crippen molar-refractivity contribution < 1.29 is 13.9 Å². The topological polar surface area (TPSA) is 57.6 Å². The highest BCUT2D eigenvalue weighted by Crippen LogP contribution is 2.32. The molecule has 0 aliphatic rings. The van der Waals surface area contributed by atoms with Gasteiger partial charge in [0.2, 0.25) is 0 Å². The first-order valence-electron chi connectivity index (χ1n) is 7.13. The van der Waals surface area contributed by atoms with E-state index in [-0.39, 0.29) is 0 Å². The Hall–Kier alpha value is -1.52. The summed E-state index contributed by atoms with van der Waals surface area (Å²) in [5, 5.41) is 0.968. The third-order valence-electron chi connectivity index (χ3n) is 3.12. The van der Waals surface area contributed by atoms with E-state index in [1.54, 1.807) is 0 Å². The number of nitrogens with two attached hydrogens (primary N) is 1. The van der Waals surface area contributed by atoms with Gasteiger partial charge in [0.1, 0.15) is 12.2 Å². The van der Waals surface area contributed by atoms with Crippen LogP contribution in [0.25, 0.3) is 11.0 Å². The van der Waals surface area contributed by atoms with E-state index in [0.29, 0.717) is 31.4 Å². The van der Waals surface area contributed by atoms with Gasteiger partial charge in [0.05, 0.1) is 18.5 Å². The van der Waals surface area contributed by atoms with Gasteiger partial charge in [-0.15, -0.1) is 0 Å². The first kappa shape index (κ1) is 14.9. The average Bonchev–Trinajstić information content (AvgIpc) is 2.80. The van der Waals surface area contributed by atoms with Crippen molar-refractivity contribution in [3.63, 3.8) is 0 Å². The van der Waals surface area contributed by atoms with Crippen LogP contribution in [0.4, 0.5) is 0 Å². The van der Waals surface area contributed by atoms with Gasteiger partial charge in [-0.05, 0) is 24.5 Å². The average molecular weight is 277 g/mol. The standard InChI is InChI=1S/C16H23NO3/c1-12(2)7-8-18-9-10-19-16-13-5-3-4-6-14(13)20-15(16)11-17/h3-6,12H,7-11,17H2,1-2H3. The summed E-state index contributed by atoms with van der Waals surface area (Å²) in [6, 6.07) is 7.79. The normalized spacial score (nSPS) is 11.4. The first-order valence-corrected chi connectivity index (χ1v) is 7.13. The Balaban J connectivity index is 1.89. The van der Waals surface area contributed by atoms with Crippen LogP contribution >= 0.6 is 0 Å². The molecule has 0 fully saturated rings. The quantitative estimate of drug-likeness (QED) is 0.752. The molecular formula is C16H23NO3. The Morgan fingerprint density at radius 1 is 1.15 bits per heavy atom. The van der Waals surface area contributed by atoms with E-state index >= 15 is 0 Å². The van der Waals surface area contributed by atoms with Crippen molar-refractivity contribution in [2.24, 2.45) is 11.7 Å². The monoisotopic (exact) mass is 277 g/mol. The summed E-state index contributed by atoms with van der Waals surface area (Å²) < 4.78 is 17.0. The maximum atomic E-state index is 5.79. The lowest BCUT2D eigenvalue weighted by atomic mass is 10.1. The van der Waals surface area contributed by atoms with Crippen LogP contribution in [0.15, 0.2) is 28.7 Å². The lowest BCUT2D eigenvalue weighted by molar-refractivity contribution is 0.0923. The smallest absolute Gasteiger partial charge is 0.169 e. The van der Waals surface area contributed by atoms with Crippen molar-refractivity contribution in [3.05, 3.63) is 30.0 Å². The van der Waals surface area contributed by atoms with Crippen molar-refractivity contribution >= 4 is 11.0 Å². The molecule has 0 saturated carbocycles. The Kier molecular flexibility index (Phi) is 5.44. The molecule has 4 nitrogen and oxygen atoms in total. The number of rotatable bonds is 8. The summed E-state index contributed by atoms with van der Waals surface area (Å²) in [6.07, 6.45) is 1.07. The zero-order chi connectivity index (χ0) is 14.4. The molecule has 2 rings (SSSR count). The van der Waals surface area contributed by atoms with Crippen LogP contribution < -0.4 is 10.5 Å². The van der Waals surface area contributed by atoms with Crippen LogP contribution in [0.5, 0.6) is 5.75 Å². The van der Waals surface area contributed by atoms with Gasteiger partial charge >= 0.3 is 0 Å². The summed E-state index contributed by atoms with van der Waals surface area (Å²) in [6.45, 7) is 6.57. The number of hydrogen-bond acceptors (Lipinski definition) is 4. The maximum absolute atomic E-state index is 5.79. The fourth-order valence-corrected chi connectivity index (χ4v) is 1.99. The largest absolute Gasteiger partial charge is 0.487 e. The second-order valence-corrected chi connectivity index (χ2v) is 5.20. The minimum atomic E-state index is 0.332. The molecule has 0 spiro atoms. The Labute approximate surface area is 119 Å². The Bertz CT molecular complexity index is 534. The Morgan fingerprint density at radius 3 is 2.70 bits per heavy atom. The van der Waals surface area contributed by atoms with E-state index in [9.17, 15) is 0 Å². The van der Waals surface area contributed by atoms with Gasteiger partial charge in [-0.2, -0.15) is 0 Å². The molecule has 20 heavy (non-hydrogen) atoms. The molecule has 0 bridgehead atoms. The first-order chi connectivity index (χ1) is 9.72. The van der Waals surface area contributed by atoms with E-state index in [1.807, 2.05) is 24.3 Å². The van der Waals surface area contributed by atoms with Gasteiger partial charge in [0.25, 0.3) is 0 Å². The van der Waals surface area contributed by atoms with Crippen molar-refractivity contribution in [1.29, 1.82) is 0 Å². The molecule has 4 heteroatoms. The Morgan fingerprint density at radius 2 is 1.95 bits per heavy atom. The molecule has 0 aliphatic carbocycles. The predicted octanol–water partition coefficient (Wildman–Crippen LogP) is 3.33. The van der Waals surface area contributed by atoms with Crippen LogP contribution in [0.2, 0.25) is 0 Å². The summed E-state index contributed by atoms with van der Waals surface area (Å²) in [7, 11) is 0. The molecule has 0 atom stereocenters. The zero-order valence-electron chi connectivity index (χ0n) is 12.2. The third kappa shape index (κ3) is 3.74. The molecule has 1 aromatic carbocycles. The van der Waals surface area contributed by atoms with E-state index < -0.39 is 0 Å². The van der Waals surface area contributed by atoms with Gasteiger partial charge < -0.3 is 19.6 Å². The predicted molar refractivity (Wildman–Crippen MR) is 79.9 cm³/mol. The van der Waals surface area contributed by atoms with Gasteiger partial charge in [0.15, 0.2) is 11.5 Å². The molecule has 1 heterocycles. The van der Waals surface area contributed by atoms with Gasteiger partial charge in [0, 0.05) is 6.61 Å². The second-order valence-electron chi connectivity index (χ2n) is 5.20. The van der Waals surface area contributed by atoms with Gasteiger partial charge in [-0.25, -0.2) is 0 Å². The molecule has 0 saturated heterocycles. The number of fused-ring (bicyclic) bond motifs is 1. The third-order valence-corrected chi connectivity index (χ3v) is 3.12. The minimum Gasteiger partial charge on any atom is -0.487 e. The van der Waals surface area contributed by atoms with Crippen molar-refractivity contribution in [2.45, 2.75) is 26.8 Å². The summed E-state index contributed by atoms with van der Waals surface area (Å²) in [5.74, 6) is 2.10. The molecule has 0 radical (unpaired) electrons. The number of benzene rings is 1. The minimum absolute atomic E-state index is 0.332. The summed E-state index contributed by atoms with van der Waals surface area (Å²) in [5.41, 5.74) is 6.50. The fraction of sp³-hybridized carbons (Fsp3) is 0.500. The molecular weight excluding hydrogens is 254 g/mol. The highest BCUT2D eigenvalue weighted by atomic mass is 16.5. The number of hydrogen-bond donors (Lipinski definition) is 1. The van der Waals surface area contributed by atoms with Crippen LogP contribution in [-0.2, 0) is 11.3 Å². The van der Waals surface area contributed by atoms with Crippen molar-refractivity contribution in [2.75, 3.05) is 19.8 Å². The van der Waals surface area contributed by atoms with Crippen LogP contribution in [0.1, 0.15) is 26.0 Å². The fourth-order valence-electron chi connectivity index (χ4n) is 1.99. The van der Waals surface area contributed by atoms with E-state index in [1.165, 1.54) is 0 Å². The lowest BCUT2D eigenvalue weighted by Gasteiger charge is -2.08. The number of furan rings is 1. The molecule has 0 aliphatic heterocycles. The van der Waals surface area contributed by atoms with Crippen molar-refractivity contribution in [3.8, 4) is 5.75 Å². The van der Waals surface area contributed by atoms with E-state index in [2.05, 4.69) is 13.8 Å². The SMILES string of the molecule is CC(C)CCOCCOc1c(CN)oc2ccccc12. The molecule has 2 N–H and O–H groups in total. The van der Waals surface area contributed by atoms with E-state index in [0.717, 1.165) is 29.7 Å². The molecule has 1 aromatic heterocycles. The molecule has 0 unspecified atom stereocenters. The second kappa shape index (κ2) is 7.31. The number of para-hydroxylation sites is 1. The zero-order valence-corrected chi connectivity index (χ0v) is 12.2. The summed E-state index contributed by atoms with van der Waals surface area (Å²) >= 11 is 0. The van der Waals surface area contributed by atoms with Gasteiger partial charge in [-0.1, -0.05) is 26.0 Å². The lowest BCUT2D eigenvalue weighted by Crippen LogP contribution is -2.09. The molecule has 0 amide bonds. The highest BCUT2D eigenvalue weighted by Gasteiger charge is 2.13. The van der Waals surface area contributed by atoms with Crippen LogP contribution in [0, 0.1) is 5.92 Å². The molecule has 110 valence electrons. The highest BCUT2D eigenvalue weighted by molar-refractivity contribution is 5.85. The van der Waals surface area contributed by atoms with E-state index in [4.69, 9.17) is 19.6 Å². The van der Waals surface area contributed by atoms with Crippen LogP contribution in [0.3, 0.4) is 0 Å². The molecule has 2 aromatic rings. The van der Waals surface area contributed by atoms with Crippen molar-refractivity contribution in [1.82, 2.24) is 0 Å². The summed E-state index contributed by atoms with van der Waals surface area (Å²) in [4.78, 5) is 0.